The first-order valence-electron chi connectivity index (χ1n) is 8.98. The Kier molecular flexibility index (Phi) is 6.60. The number of carbonyl (C=O) groups excluding carboxylic acids is 2. The van der Waals surface area contributed by atoms with Crippen LogP contribution < -0.4 is 27.0 Å². The van der Waals surface area contributed by atoms with Crippen LogP contribution in [0.1, 0.15) is 23.2 Å². The highest BCUT2D eigenvalue weighted by atomic mass is 35.5. The van der Waals surface area contributed by atoms with Crippen LogP contribution in [0.25, 0.3) is 0 Å². The molecule has 2 heterocycles. The summed E-state index contributed by atoms with van der Waals surface area (Å²) < 4.78 is 0. The van der Waals surface area contributed by atoms with Gasteiger partial charge in [0.1, 0.15) is 23.5 Å². The van der Waals surface area contributed by atoms with E-state index in [0.717, 1.165) is 12.8 Å². The number of primary amides is 1. The van der Waals surface area contributed by atoms with Crippen molar-refractivity contribution in [3.63, 3.8) is 0 Å². The predicted molar refractivity (Wildman–Crippen MR) is 113 cm³/mol. The number of hydrogen-bond donors (Lipinski definition) is 4. The fraction of sp³-hybridized carbons (Fsp3) is 0.333. The molecule has 29 heavy (non-hydrogen) atoms. The zero-order valence-electron chi connectivity index (χ0n) is 15.5. The van der Waals surface area contributed by atoms with Gasteiger partial charge in [-0.2, -0.15) is 0 Å². The minimum atomic E-state index is -0.686. The summed E-state index contributed by atoms with van der Waals surface area (Å²) >= 11 is 11.9. The van der Waals surface area contributed by atoms with E-state index in [0.29, 0.717) is 34.6 Å². The highest BCUT2D eigenvalue weighted by molar-refractivity contribution is 6.35. The molecule has 1 atom stereocenters. The number of benzene rings is 1. The molecule has 0 saturated carbocycles. The Balaban J connectivity index is 1.61. The number of nitrogens with zero attached hydrogens (tertiary/aromatic N) is 3. The zero-order valence-corrected chi connectivity index (χ0v) is 17.0. The molecule has 11 heteroatoms. The third kappa shape index (κ3) is 5.39. The lowest BCUT2D eigenvalue weighted by atomic mass is 10.0. The van der Waals surface area contributed by atoms with Gasteiger partial charge in [-0.15, -0.1) is 0 Å². The van der Waals surface area contributed by atoms with Gasteiger partial charge >= 0.3 is 0 Å². The fourth-order valence-corrected chi connectivity index (χ4v) is 3.80. The van der Waals surface area contributed by atoms with Crippen LogP contribution >= 0.6 is 23.2 Å². The molecule has 0 bridgehead atoms. The second-order valence-corrected chi connectivity index (χ2v) is 7.56. The van der Waals surface area contributed by atoms with E-state index >= 15 is 0 Å². The Morgan fingerprint density at radius 2 is 1.93 bits per heavy atom. The maximum atomic E-state index is 12.3. The molecule has 0 unspecified atom stereocenters. The number of nitrogen functional groups attached to an aromatic ring is 1. The third-order valence-corrected chi connectivity index (χ3v) is 4.94. The molecule has 9 nitrogen and oxygen atoms in total. The summed E-state index contributed by atoms with van der Waals surface area (Å²) in [6.07, 6.45) is 2.90. The van der Waals surface area contributed by atoms with E-state index in [1.54, 1.807) is 18.2 Å². The van der Waals surface area contributed by atoms with Crippen LogP contribution in [0.15, 0.2) is 24.5 Å². The van der Waals surface area contributed by atoms with E-state index in [2.05, 4.69) is 20.6 Å². The van der Waals surface area contributed by atoms with Gasteiger partial charge in [-0.05, 0) is 31.0 Å². The molecule has 2 aromatic rings. The molecule has 2 amide bonds. The molecule has 1 aliphatic rings. The topological polar surface area (TPSA) is 139 Å². The van der Waals surface area contributed by atoms with Gasteiger partial charge in [0.2, 0.25) is 5.91 Å². The molecule has 0 radical (unpaired) electrons. The molecular formula is C18H21Cl2N7O2. The highest BCUT2D eigenvalue weighted by Crippen LogP contribution is 2.25. The first kappa shape index (κ1) is 20.9. The number of anilines is 3. The molecule has 0 spiro atoms. The number of hydrogen-bond acceptors (Lipinski definition) is 7. The first-order valence-corrected chi connectivity index (χ1v) is 9.73. The molecule has 1 aromatic heterocycles. The summed E-state index contributed by atoms with van der Waals surface area (Å²) in [4.78, 5) is 34.0. The molecule has 3 rings (SSSR count). The number of piperidine rings is 1. The Bertz CT molecular complexity index is 905. The summed E-state index contributed by atoms with van der Waals surface area (Å²) in [5.41, 5.74) is 12.0. The van der Waals surface area contributed by atoms with Gasteiger partial charge in [-0.1, -0.05) is 23.2 Å². The van der Waals surface area contributed by atoms with Crippen molar-refractivity contribution < 1.29 is 9.59 Å². The van der Waals surface area contributed by atoms with Gasteiger partial charge < -0.3 is 27.0 Å². The predicted octanol–water partition coefficient (Wildman–Crippen LogP) is 1.66. The van der Waals surface area contributed by atoms with E-state index in [4.69, 9.17) is 34.7 Å². The normalized spacial score (nSPS) is 16.3. The average Bonchev–Trinajstić information content (AvgIpc) is 2.65. The molecular weight excluding hydrogens is 417 g/mol. The lowest BCUT2D eigenvalue weighted by Crippen LogP contribution is -2.49. The largest absolute Gasteiger partial charge is 0.383 e. The van der Waals surface area contributed by atoms with Crippen molar-refractivity contribution in [3.8, 4) is 0 Å². The number of carbonyl (C=O) groups is 2. The van der Waals surface area contributed by atoms with Crippen molar-refractivity contribution in [3.05, 3.63) is 40.1 Å². The van der Waals surface area contributed by atoms with E-state index in [-0.39, 0.29) is 29.9 Å². The molecule has 1 aromatic carbocycles. The van der Waals surface area contributed by atoms with Crippen molar-refractivity contribution in [2.24, 2.45) is 5.73 Å². The quantitative estimate of drug-likeness (QED) is 0.538. The lowest BCUT2D eigenvalue weighted by Gasteiger charge is -2.34. The van der Waals surface area contributed by atoms with Crippen LogP contribution in [0.4, 0.5) is 17.3 Å². The summed E-state index contributed by atoms with van der Waals surface area (Å²) in [5, 5.41) is 6.95. The van der Waals surface area contributed by atoms with Gasteiger partial charge in [0.05, 0.1) is 6.54 Å². The molecule has 1 aliphatic heterocycles. The number of amides is 2. The second kappa shape index (κ2) is 9.15. The van der Waals surface area contributed by atoms with Gasteiger partial charge in [0.25, 0.3) is 5.91 Å². The second-order valence-electron chi connectivity index (χ2n) is 6.69. The molecule has 0 aliphatic carbocycles. The van der Waals surface area contributed by atoms with Crippen LogP contribution in [0, 0.1) is 0 Å². The summed E-state index contributed by atoms with van der Waals surface area (Å²) in [6, 6.07) is 4.88. The number of nitrogens with two attached hydrogens (primary N) is 2. The molecule has 154 valence electrons. The smallest absolute Gasteiger partial charge is 0.256 e. The maximum absolute atomic E-state index is 12.3. The fourth-order valence-electron chi connectivity index (χ4n) is 3.27. The number of rotatable bonds is 6. The van der Waals surface area contributed by atoms with E-state index in [1.165, 1.54) is 6.33 Å². The summed E-state index contributed by atoms with van der Waals surface area (Å²) in [6.45, 7) is 1.22. The van der Waals surface area contributed by atoms with E-state index < -0.39 is 5.91 Å². The minimum Gasteiger partial charge on any atom is -0.383 e. The standard InChI is InChI=1S/C18H21Cl2N7O2/c19-10-4-11(20)6-13(5-10)23-7-14(28)26-12-2-1-3-27(8-12)18-15(17(22)29)16(21)24-9-25-18/h4-6,9,12,23H,1-3,7-8H2,(H2,22,29)(H,26,28)(H2,21,24,25)/t12-/m1/s1. The average molecular weight is 438 g/mol. The van der Waals surface area contributed by atoms with Crippen LogP contribution in [-0.4, -0.2) is 47.5 Å². The van der Waals surface area contributed by atoms with Crippen molar-refractivity contribution >= 4 is 52.3 Å². The first-order chi connectivity index (χ1) is 13.8. The van der Waals surface area contributed by atoms with Gasteiger partial charge in [-0.3, -0.25) is 9.59 Å². The lowest BCUT2D eigenvalue weighted by molar-refractivity contribution is -0.120. The molecule has 1 fully saturated rings. The Morgan fingerprint density at radius 1 is 1.21 bits per heavy atom. The summed E-state index contributed by atoms with van der Waals surface area (Å²) in [5.74, 6) is -0.437. The minimum absolute atomic E-state index is 0.0399. The number of halogens is 2. The Hall–Kier alpha value is -2.78. The molecule has 1 saturated heterocycles. The maximum Gasteiger partial charge on any atom is 0.256 e. The monoisotopic (exact) mass is 437 g/mol. The van der Waals surface area contributed by atoms with Crippen LogP contribution in [-0.2, 0) is 4.79 Å². The van der Waals surface area contributed by atoms with Gasteiger partial charge in [0, 0.05) is 34.9 Å². The zero-order chi connectivity index (χ0) is 21.0. The Morgan fingerprint density at radius 3 is 2.62 bits per heavy atom. The summed E-state index contributed by atoms with van der Waals surface area (Å²) in [7, 11) is 0. The highest BCUT2D eigenvalue weighted by Gasteiger charge is 2.26. The SMILES string of the molecule is NC(=O)c1c(N)ncnc1N1CCC[C@@H](NC(=O)CNc2cc(Cl)cc(Cl)c2)C1. The van der Waals surface area contributed by atoms with E-state index in [1.807, 2.05) is 4.90 Å². The van der Waals surface area contributed by atoms with Gasteiger partial charge in [0.15, 0.2) is 0 Å². The van der Waals surface area contributed by atoms with Crippen molar-refractivity contribution in [2.75, 3.05) is 35.6 Å². The van der Waals surface area contributed by atoms with Crippen LogP contribution in [0.5, 0.6) is 0 Å². The number of aromatic nitrogens is 2. The van der Waals surface area contributed by atoms with Crippen molar-refractivity contribution in [1.82, 2.24) is 15.3 Å². The number of nitrogens with one attached hydrogen (secondary N) is 2. The van der Waals surface area contributed by atoms with Crippen LogP contribution in [0.3, 0.4) is 0 Å². The third-order valence-electron chi connectivity index (χ3n) is 4.50. The van der Waals surface area contributed by atoms with Gasteiger partial charge in [-0.25, -0.2) is 9.97 Å². The van der Waals surface area contributed by atoms with Crippen molar-refractivity contribution in [2.45, 2.75) is 18.9 Å². The van der Waals surface area contributed by atoms with E-state index in [9.17, 15) is 9.59 Å². The van der Waals surface area contributed by atoms with Crippen LogP contribution in [0.2, 0.25) is 10.0 Å². The Labute approximate surface area is 177 Å². The molecule has 6 N–H and O–H groups in total. The van der Waals surface area contributed by atoms with Crippen molar-refractivity contribution in [1.29, 1.82) is 0 Å².